The highest BCUT2D eigenvalue weighted by Crippen LogP contribution is 1.90. The third kappa shape index (κ3) is 4.81. The number of carbonyl (C=O) groups excluding carboxylic acids is 1. The summed E-state index contributed by atoms with van der Waals surface area (Å²) >= 11 is 0. The Hall–Kier alpha value is -1.67. The highest BCUT2D eigenvalue weighted by Gasteiger charge is 2.00. The molecule has 0 heterocycles. The molecule has 0 saturated heterocycles. The van der Waals surface area contributed by atoms with E-state index in [4.69, 9.17) is 6.42 Å². The van der Waals surface area contributed by atoms with E-state index in [1.54, 1.807) is 0 Å². The van der Waals surface area contributed by atoms with Crippen LogP contribution in [0.1, 0.15) is 6.92 Å². The Morgan fingerprint density at radius 3 is 2.82 bits per heavy atom. The van der Waals surface area contributed by atoms with Crippen molar-refractivity contribution in [3.63, 3.8) is 0 Å². The van der Waals surface area contributed by atoms with Crippen LogP contribution in [-0.2, 0) is 9.53 Å². The van der Waals surface area contributed by atoms with Crippen molar-refractivity contribution < 1.29 is 9.53 Å². The fraction of sp³-hybridized carbons (Fsp3) is 0.222. The van der Waals surface area contributed by atoms with E-state index in [9.17, 15) is 4.79 Å². The second kappa shape index (κ2) is 5.14. The maximum atomic E-state index is 10.4. The second-order valence-electron chi connectivity index (χ2n) is 1.68. The largest absolute Gasteiger partial charge is 0.445 e. The molecule has 0 aromatic carbocycles. The molecule has 0 radical (unpaired) electrons. The van der Waals surface area contributed by atoms with E-state index in [1.165, 1.54) is 13.0 Å². The summed E-state index contributed by atoms with van der Waals surface area (Å²) in [6.45, 7) is 4.72. The average molecular weight is 148 g/mol. The number of hydrogen-bond donors (Lipinski definition) is 0. The van der Waals surface area contributed by atoms with Crippen LogP contribution < -0.4 is 0 Å². The van der Waals surface area contributed by atoms with Gasteiger partial charge in [0.25, 0.3) is 0 Å². The first-order valence-corrected chi connectivity index (χ1v) is 2.96. The van der Waals surface area contributed by atoms with E-state index in [2.05, 4.69) is 29.1 Å². The molecule has 0 N–H and O–H groups in total. The molecule has 2 heteroatoms. The van der Waals surface area contributed by atoms with E-state index in [0.717, 1.165) is 0 Å². The minimum Gasteiger partial charge on any atom is -0.445 e. The number of rotatable bonds is 2. The molecule has 0 aromatic rings. The van der Waals surface area contributed by atoms with Crippen molar-refractivity contribution >= 4 is 5.97 Å². The lowest BCUT2D eigenvalue weighted by molar-refractivity contribution is -0.142. The quantitative estimate of drug-likeness (QED) is 0.328. The minimum absolute atomic E-state index is 0.402. The number of esters is 1. The maximum Gasteiger partial charge on any atom is 0.304 e. The summed E-state index contributed by atoms with van der Waals surface area (Å²) in [5.41, 5.74) is 0. The molecule has 0 aliphatic carbocycles. The molecule has 0 fully saturated rings. The summed E-state index contributed by atoms with van der Waals surface area (Å²) in [6, 6.07) is 0. The van der Waals surface area contributed by atoms with E-state index in [1.807, 2.05) is 0 Å². The molecule has 0 spiro atoms. The first-order valence-electron chi connectivity index (χ1n) is 2.96. The van der Waals surface area contributed by atoms with Crippen LogP contribution in [-0.4, -0.2) is 12.1 Å². The number of carbonyl (C=O) groups is 1. The monoisotopic (exact) mass is 148 g/mol. The summed E-state index contributed by atoms with van der Waals surface area (Å²) in [4.78, 5) is 10.4. The van der Waals surface area contributed by atoms with Crippen LogP contribution in [0.2, 0.25) is 0 Å². The van der Waals surface area contributed by atoms with Gasteiger partial charge in [0.05, 0.1) is 0 Å². The van der Waals surface area contributed by atoms with Gasteiger partial charge in [-0.15, -0.1) is 6.42 Å². The molecule has 0 amide bonds. The predicted octanol–water partition coefficient (Wildman–Crippen LogP) is 0.741. The lowest BCUT2D eigenvalue weighted by Gasteiger charge is -2.03. The van der Waals surface area contributed by atoms with Gasteiger partial charge in [-0.25, -0.2) is 0 Å². The van der Waals surface area contributed by atoms with Gasteiger partial charge in [-0.1, -0.05) is 6.58 Å². The van der Waals surface area contributed by atoms with Crippen LogP contribution in [0.15, 0.2) is 12.7 Å². The third-order valence-corrected chi connectivity index (χ3v) is 0.794. The molecule has 0 unspecified atom stereocenters. The van der Waals surface area contributed by atoms with Crippen molar-refractivity contribution in [1.82, 2.24) is 0 Å². The van der Waals surface area contributed by atoms with Crippen molar-refractivity contribution in [2.24, 2.45) is 0 Å². The van der Waals surface area contributed by atoms with Gasteiger partial charge in [-0.3, -0.25) is 4.79 Å². The number of ether oxygens (including phenoxy) is 1. The Labute approximate surface area is 66.2 Å². The lowest BCUT2D eigenvalue weighted by Crippen LogP contribution is -2.10. The maximum absolute atomic E-state index is 10.4. The second-order valence-corrected chi connectivity index (χ2v) is 1.68. The van der Waals surface area contributed by atoms with Crippen molar-refractivity contribution in [1.29, 1.82) is 0 Å². The van der Waals surface area contributed by atoms with Gasteiger partial charge >= 0.3 is 5.97 Å². The molecule has 0 aliphatic rings. The SMILES string of the molecule is C#CC#C[C@H](C=C)OC(C)=O. The van der Waals surface area contributed by atoms with Crippen LogP contribution in [0.3, 0.4) is 0 Å². The molecular weight excluding hydrogens is 140 g/mol. The van der Waals surface area contributed by atoms with Crippen LogP contribution in [0.4, 0.5) is 0 Å². The topological polar surface area (TPSA) is 26.3 Å². The summed E-state index contributed by atoms with van der Waals surface area (Å²) in [5, 5.41) is 0. The zero-order chi connectivity index (χ0) is 8.69. The van der Waals surface area contributed by atoms with Gasteiger partial charge in [-0.05, 0) is 23.8 Å². The smallest absolute Gasteiger partial charge is 0.304 e. The van der Waals surface area contributed by atoms with E-state index in [0.29, 0.717) is 0 Å². The summed E-state index contributed by atoms with van der Waals surface area (Å²) in [7, 11) is 0. The van der Waals surface area contributed by atoms with Gasteiger partial charge in [0.1, 0.15) is 0 Å². The summed E-state index contributed by atoms with van der Waals surface area (Å²) < 4.78 is 4.68. The fourth-order valence-corrected chi connectivity index (χ4v) is 0.428. The molecule has 0 rings (SSSR count). The molecule has 1 atom stereocenters. The average Bonchev–Trinajstić information content (AvgIpc) is 1.97. The molecule has 56 valence electrons. The molecular formula is C9H8O2. The van der Waals surface area contributed by atoms with Gasteiger partial charge in [0.15, 0.2) is 6.10 Å². The van der Waals surface area contributed by atoms with Crippen molar-refractivity contribution in [2.75, 3.05) is 0 Å². The summed E-state index contributed by atoms with van der Waals surface area (Å²) in [6.07, 6.45) is 5.68. The Kier molecular flexibility index (Phi) is 4.36. The highest BCUT2D eigenvalue weighted by atomic mass is 16.5. The van der Waals surface area contributed by atoms with Gasteiger partial charge < -0.3 is 4.74 Å². The van der Waals surface area contributed by atoms with E-state index in [-0.39, 0.29) is 0 Å². The Bertz CT molecular complexity index is 247. The van der Waals surface area contributed by atoms with Crippen LogP contribution in [0.5, 0.6) is 0 Å². The molecule has 0 saturated carbocycles. The van der Waals surface area contributed by atoms with Gasteiger partial charge in [0.2, 0.25) is 0 Å². The molecule has 0 aromatic heterocycles. The lowest BCUT2D eigenvalue weighted by atomic mass is 10.3. The van der Waals surface area contributed by atoms with Crippen molar-refractivity contribution in [2.45, 2.75) is 13.0 Å². The Balaban J connectivity index is 4.09. The van der Waals surface area contributed by atoms with Gasteiger partial charge in [0, 0.05) is 6.92 Å². The number of hydrogen-bond acceptors (Lipinski definition) is 2. The summed E-state index contributed by atoms with van der Waals surface area (Å²) in [5.74, 6) is 6.54. The molecule has 2 nitrogen and oxygen atoms in total. The minimum atomic E-state index is -0.594. The standard InChI is InChI=1S/C9H8O2/c1-4-6-7-9(5-2)11-8(3)10/h1,5,9H,2H2,3H3/t9-/m0/s1. The van der Waals surface area contributed by atoms with Crippen LogP contribution in [0, 0.1) is 24.2 Å². The van der Waals surface area contributed by atoms with Crippen LogP contribution in [0.25, 0.3) is 0 Å². The third-order valence-electron chi connectivity index (χ3n) is 0.794. The zero-order valence-electron chi connectivity index (χ0n) is 6.26. The Morgan fingerprint density at radius 1 is 1.82 bits per heavy atom. The van der Waals surface area contributed by atoms with Crippen molar-refractivity contribution in [3.05, 3.63) is 12.7 Å². The highest BCUT2D eigenvalue weighted by molar-refractivity contribution is 5.66. The zero-order valence-corrected chi connectivity index (χ0v) is 6.26. The van der Waals surface area contributed by atoms with Crippen LogP contribution >= 0.6 is 0 Å². The molecule has 0 aliphatic heterocycles. The first-order chi connectivity index (χ1) is 5.20. The predicted molar refractivity (Wildman–Crippen MR) is 42.4 cm³/mol. The van der Waals surface area contributed by atoms with Crippen molar-refractivity contribution in [3.8, 4) is 24.2 Å². The van der Waals surface area contributed by atoms with E-state index >= 15 is 0 Å². The van der Waals surface area contributed by atoms with E-state index < -0.39 is 12.1 Å². The first kappa shape index (κ1) is 9.33. The fourth-order valence-electron chi connectivity index (χ4n) is 0.428. The molecule has 0 bridgehead atoms. The normalized spacial score (nSPS) is 9.82. The van der Waals surface area contributed by atoms with Gasteiger partial charge in [-0.2, -0.15) is 0 Å². The molecule has 11 heavy (non-hydrogen) atoms. The number of terminal acetylenes is 1. The Morgan fingerprint density at radius 2 is 2.45 bits per heavy atom.